The van der Waals surface area contributed by atoms with Crippen LogP contribution in [0.1, 0.15) is 79.1 Å². The van der Waals surface area contributed by atoms with Crippen LogP contribution in [0.2, 0.25) is 0 Å². The maximum absolute atomic E-state index is 3.66. The van der Waals surface area contributed by atoms with E-state index in [0.29, 0.717) is 0 Å². The summed E-state index contributed by atoms with van der Waals surface area (Å²) in [6.45, 7) is 13.0. The third kappa shape index (κ3) is 7.31. The molecule has 0 aromatic rings. The highest BCUT2D eigenvalue weighted by molar-refractivity contribution is 4.87. The van der Waals surface area contributed by atoms with E-state index in [2.05, 4.69) is 37.9 Å². The zero-order valence-electron chi connectivity index (χ0n) is 13.8. The molecule has 1 saturated heterocycles. The minimum atomic E-state index is 0.284. The monoisotopic (exact) mass is 268 g/mol. The van der Waals surface area contributed by atoms with Gasteiger partial charge in [0.05, 0.1) is 0 Å². The summed E-state index contributed by atoms with van der Waals surface area (Å²) in [6.07, 6.45) is 11.2. The Hall–Kier alpha value is -0.0800. The van der Waals surface area contributed by atoms with Crippen molar-refractivity contribution in [1.29, 1.82) is 0 Å². The third-order valence-corrected chi connectivity index (χ3v) is 4.44. The molecule has 0 aromatic heterocycles. The van der Waals surface area contributed by atoms with Crippen LogP contribution < -0.4 is 5.32 Å². The van der Waals surface area contributed by atoms with E-state index in [-0.39, 0.29) is 5.54 Å². The zero-order valence-corrected chi connectivity index (χ0v) is 13.8. The molecule has 0 spiro atoms. The van der Waals surface area contributed by atoms with Crippen molar-refractivity contribution in [2.24, 2.45) is 0 Å². The van der Waals surface area contributed by atoms with Gasteiger partial charge in [-0.15, -0.1) is 0 Å². The second kappa shape index (κ2) is 8.97. The molecule has 0 radical (unpaired) electrons. The van der Waals surface area contributed by atoms with Gasteiger partial charge < -0.3 is 5.32 Å². The van der Waals surface area contributed by atoms with E-state index in [0.717, 1.165) is 6.04 Å². The minimum Gasteiger partial charge on any atom is -0.310 e. The van der Waals surface area contributed by atoms with Crippen LogP contribution in [0.5, 0.6) is 0 Å². The number of hydrogen-bond donors (Lipinski definition) is 1. The Balaban J connectivity index is 2.15. The molecule has 1 aliphatic heterocycles. The summed E-state index contributed by atoms with van der Waals surface area (Å²) in [5, 5.41) is 3.66. The summed E-state index contributed by atoms with van der Waals surface area (Å²) >= 11 is 0. The molecule has 0 aliphatic carbocycles. The van der Waals surface area contributed by atoms with Gasteiger partial charge >= 0.3 is 0 Å². The summed E-state index contributed by atoms with van der Waals surface area (Å²) in [5.74, 6) is 0. The Morgan fingerprint density at radius 2 is 1.68 bits per heavy atom. The van der Waals surface area contributed by atoms with Gasteiger partial charge in [-0.25, -0.2) is 0 Å². The Kier molecular flexibility index (Phi) is 8.01. The molecule has 1 unspecified atom stereocenters. The molecular formula is C17H36N2. The van der Waals surface area contributed by atoms with Crippen LogP contribution in [0.4, 0.5) is 0 Å². The first-order valence-corrected chi connectivity index (χ1v) is 8.54. The molecular weight excluding hydrogens is 232 g/mol. The first-order chi connectivity index (χ1) is 9.05. The molecule has 1 heterocycles. The summed E-state index contributed by atoms with van der Waals surface area (Å²) in [5.41, 5.74) is 0.284. The summed E-state index contributed by atoms with van der Waals surface area (Å²) in [4.78, 5) is 2.70. The van der Waals surface area contributed by atoms with E-state index in [1.165, 1.54) is 71.0 Å². The predicted molar refractivity (Wildman–Crippen MR) is 85.7 cm³/mol. The summed E-state index contributed by atoms with van der Waals surface area (Å²) < 4.78 is 0. The van der Waals surface area contributed by atoms with Gasteiger partial charge in [-0.3, -0.25) is 4.90 Å². The van der Waals surface area contributed by atoms with Crippen molar-refractivity contribution in [2.75, 3.05) is 19.6 Å². The normalized spacial score (nSPS) is 24.3. The van der Waals surface area contributed by atoms with Crippen LogP contribution in [0.3, 0.4) is 0 Å². The van der Waals surface area contributed by atoms with Crippen LogP contribution in [0.15, 0.2) is 0 Å². The van der Waals surface area contributed by atoms with Crippen molar-refractivity contribution < 1.29 is 0 Å². The van der Waals surface area contributed by atoms with E-state index in [1.807, 2.05) is 0 Å². The Morgan fingerprint density at radius 3 is 2.37 bits per heavy atom. The van der Waals surface area contributed by atoms with Gasteiger partial charge in [-0.05, 0) is 46.7 Å². The van der Waals surface area contributed by atoms with Gasteiger partial charge in [-0.1, -0.05) is 45.4 Å². The Morgan fingerprint density at radius 1 is 1.05 bits per heavy atom. The first kappa shape index (κ1) is 17.0. The standard InChI is InChI=1S/C17H36N2/c1-5-6-7-8-9-10-11-14-19-15-17(3,4)18-13-12-16(19)2/h16,18H,5-15H2,1-4H3. The van der Waals surface area contributed by atoms with Crippen molar-refractivity contribution >= 4 is 0 Å². The van der Waals surface area contributed by atoms with Gasteiger partial charge in [-0.2, -0.15) is 0 Å². The molecule has 1 fully saturated rings. The van der Waals surface area contributed by atoms with Crippen molar-refractivity contribution in [3.63, 3.8) is 0 Å². The molecule has 1 N–H and O–H groups in total. The lowest BCUT2D eigenvalue weighted by Crippen LogP contribution is -2.47. The van der Waals surface area contributed by atoms with Crippen molar-refractivity contribution in [1.82, 2.24) is 10.2 Å². The van der Waals surface area contributed by atoms with E-state index in [9.17, 15) is 0 Å². The van der Waals surface area contributed by atoms with Crippen LogP contribution in [-0.2, 0) is 0 Å². The lowest BCUT2D eigenvalue weighted by atomic mass is 10.0. The van der Waals surface area contributed by atoms with Gasteiger partial charge in [0, 0.05) is 18.1 Å². The molecule has 0 bridgehead atoms. The van der Waals surface area contributed by atoms with Crippen molar-refractivity contribution in [3.8, 4) is 0 Å². The first-order valence-electron chi connectivity index (χ1n) is 8.54. The highest BCUT2D eigenvalue weighted by Crippen LogP contribution is 2.17. The van der Waals surface area contributed by atoms with Gasteiger partial charge in [0.2, 0.25) is 0 Å². The molecule has 19 heavy (non-hydrogen) atoms. The van der Waals surface area contributed by atoms with Crippen molar-refractivity contribution in [3.05, 3.63) is 0 Å². The number of nitrogens with zero attached hydrogens (tertiary/aromatic N) is 1. The fraction of sp³-hybridized carbons (Fsp3) is 1.00. The highest BCUT2D eigenvalue weighted by atomic mass is 15.2. The van der Waals surface area contributed by atoms with Crippen LogP contribution >= 0.6 is 0 Å². The molecule has 2 heteroatoms. The molecule has 1 atom stereocenters. The topological polar surface area (TPSA) is 15.3 Å². The van der Waals surface area contributed by atoms with Crippen molar-refractivity contribution in [2.45, 2.75) is 90.6 Å². The molecule has 2 nitrogen and oxygen atoms in total. The van der Waals surface area contributed by atoms with E-state index >= 15 is 0 Å². The van der Waals surface area contributed by atoms with Crippen LogP contribution in [-0.4, -0.2) is 36.1 Å². The Bertz CT molecular complexity index is 225. The number of nitrogens with one attached hydrogen (secondary N) is 1. The zero-order chi connectivity index (χ0) is 14.1. The Labute approximate surface area is 121 Å². The lowest BCUT2D eigenvalue weighted by Gasteiger charge is -2.33. The van der Waals surface area contributed by atoms with Crippen LogP contribution in [0, 0.1) is 0 Å². The largest absolute Gasteiger partial charge is 0.310 e. The lowest BCUT2D eigenvalue weighted by molar-refractivity contribution is 0.177. The average molecular weight is 268 g/mol. The highest BCUT2D eigenvalue weighted by Gasteiger charge is 2.27. The van der Waals surface area contributed by atoms with E-state index in [1.54, 1.807) is 0 Å². The molecule has 0 saturated carbocycles. The fourth-order valence-electron chi connectivity index (χ4n) is 3.09. The third-order valence-electron chi connectivity index (χ3n) is 4.44. The smallest absolute Gasteiger partial charge is 0.0252 e. The van der Waals surface area contributed by atoms with Gasteiger partial charge in [0.25, 0.3) is 0 Å². The molecule has 0 amide bonds. The van der Waals surface area contributed by atoms with Crippen LogP contribution in [0.25, 0.3) is 0 Å². The SMILES string of the molecule is CCCCCCCCCN1CC(C)(C)NCCC1C. The minimum absolute atomic E-state index is 0.284. The predicted octanol–water partition coefficient (Wildman–Crippen LogP) is 4.20. The number of unbranched alkanes of at least 4 members (excludes halogenated alkanes) is 6. The number of hydrogen-bond acceptors (Lipinski definition) is 2. The molecule has 1 aliphatic rings. The second-order valence-electron chi connectivity index (χ2n) is 7.04. The second-order valence-corrected chi connectivity index (χ2v) is 7.04. The number of rotatable bonds is 8. The maximum Gasteiger partial charge on any atom is 0.0252 e. The average Bonchev–Trinajstić information content (AvgIpc) is 2.47. The van der Waals surface area contributed by atoms with Gasteiger partial charge in [0.15, 0.2) is 0 Å². The summed E-state index contributed by atoms with van der Waals surface area (Å²) in [7, 11) is 0. The fourth-order valence-corrected chi connectivity index (χ4v) is 3.09. The molecule has 114 valence electrons. The molecule has 1 rings (SSSR count). The van der Waals surface area contributed by atoms with E-state index < -0.39 is 0 Å². The quantitative estimate of drug-likeness (QED) is 0.664. The van der Waals surface area contributed by atoms with E-state index in [4.69, 9.17) is 0 Å². The molecule has 0 aromatic carbocycles. The van der Waals surface area contributed by atoms with Gasteiger partial charge in [0.1, 0.15) is 0 Å². The maximum atomic E-state index is 3.66. The summed E-state index contributed by atoms with van der Waals surface area (Å²) in [6, 6.07) is 0.745.